The average Bonchev–Trinajstić information content (AvgIpc) is 2.34. The standard InChI is InChI=1S/C7H4BrFN2/c8-5-3-6(9)7-1-2-10-11(7)4-5/h1-4H. The second-order valence-corrected chi connectivity index (χ2v) is 3.08. The minimum atomic E-state index is -0.267. The molecule has 0 fully saturated rings. The van der Waals surface area contributed by atoms with E-state index in [9.17, 15) is 4.39 Å². The molecule has 2 aromatic heterocycles. The largest absolute Gasteiger partial charge is 0.237 e. The van der Waals surface area contributed by atoms with E-state index in [0.717, 1.165) is 0 Å². The van der Waals surface area contributed by atoms with Gasteiger partial charge in [-0.1, -0.05) is 0 Å². The van der Waals surface area contributed by atoms with Crippen LogP contribution in [-0.4, -0.2) is 9.61 Å². The zero-order chi connectivity index (χ0) is 7.84. The van der Waals surface area contributed by atoms with Crippen molar-refractivity contribution in [3.8, 4) is 0 Å². The van der Waals surface area contributed by atoms with Gasteiger partial charge in [0.2, 0.25) is 0 Å². The molecule has 0 saturated heterocycles. The summed E-state index contributed by atoms with van der Waals surface area (Å²) in [5.74, 6) is -0.267. The molecule has 2 nitrogen and oxygen atoms in total. The van der Waals surface area contributed by atoms with Crippen LogP contribution < -0.4 is 0 Å². The van der Waals surface area contributed by atoms with Crippen LogP contribution in [0.5, 0.6) is 0 Å². The number of fused-ring (bicyclic) bond motifs is 1. The van der Waals surface area contributed by atoms with E-state index in [2.05, 4.69) is 21.0 Å². The molecular weight excluding hydrogens is 211 g/mol. The van der Waals surface area contributed by atoms with Gasteiger partial charge in [-0.2, -0.15) is 5.10 Å². The summed E-state index contributed by atoms with van der Waals surface area (Å²) < 4.78 is 15.2. The van der Waals surface area contributed by atoms with Gasteiger partial charge in [0.15, 0.2) is 0 Å². The van der Waals surface area contributed by atoms with E-state index in [4.69, 9.17) is 0 Å². The third-order valence-corrected chi connectivity index (χ3v) is 1.86. The molecule has 2 aromatic rings. The van der Waals surface area contributed by atoms with Crippen LogP contribution in [0.3, 0.4) is 0 Å². The maximum atomic E-state index is 13.0. The second kappa shape index (κ2) is 2.30. The highest BCUT2D eigenvalue weighted by Gasteiger charge is 2.01. The number of hydrogen-bond acceptors (Lipinski definition) is 1. The van der Waals surface area contributed by atoms with Crippen molar-refractivity contribution in [1.82, 2.24) is 9.61 Å². The minimum Gasteiger partial charge on any atom is -0.237 e. The molecule has 0 spiro atoms. The Morgan fingerprint density at radius 3 is 3.18 bits per heavy atom. The molecule has 0 amide bonds. The van der Waals surface area contributed by atoms with Crippen molar-refractivity contribution in [1.29, 1.82) is 0 Å². The van der Waals surface area contributed by atoms with E-state index < -0.39 is 0 Å². The van der Waals surface area contributed by atoms with Gasteiger partial charge >= 0.3 is 0 Å². The lowest BCUT2D eigenvalue weighted by molar-refractivity contribution is 0.629. The van der Waals surface area contributed by atoms with Gasteiger partial charge in [-0.15, -0.1) is 0 Å². The summed E-state index contributed by atoms with van der Waals surface area (Å²) in [4.78, 5) is 0. The molecule has 0 atom stereocenters. The fourth-order valence-corrected chi connectivity index (χ4v) is 1.35. The van der Waals surface area contributed by atoms with Crippen LogP contribution in [0.25, 0.3) is 5.52 Å². The first-order chi connectivity index (χ1) is 5.27. The average molecular weight is 215 g/mol. The maximum absolute atomic E-state index is 13.0. The predicted molar refractivity (Wildman–Crippen MR) is 42.9 cm³/mol. The lowest BCUT2D eigenvalue weighted by Gasteiger charge is -1.95. The Labute approximate surface area is 70.8 Å². The number of hydrogen-bond donors (Lipinski definition) is 0. The van der Waals surface area contributed by atoms with Crippen LogP contribution in [0.1, 0.15) is 0 Å². The highest BCUT2D eigenvalue weighted by atomic mass is 79.9. The zero-order valence-corrected chi connectivity index (χ0v) is 7.05. The highest BCUT2D eigenvalue weighted by molar-refractivity contribution is 9.10. The molecule has 4 heteroatoms. The number of halogens is 2. The quantitative estimate of drug-likeness (QED) is 0.658. The van der Waals surface area contributed by atoms with E-state index in [-0.39, 0.29) is 5.82 Å². The lowest BCUT2D eigenvalue weighted by Crippen LogP contribution is -1.88. The van der Waals surface area contributed by atoms with Crippen molar-refractivity contribution >= 4 is 21.4 Å². The van der Waals surface area contributed by atoms with Gasteiger partial charge < -0.3 is 0 Å². The number of rotatable bonds is 0. The molecule has 0 aliphatic heterocycles. The molecule has 2 heterocycles. The van der Waals surface area contributed by atoms with Gasteiger partial charge in [0.05, 0.1) is 6.20 Å². The van der Waals surface area contributed by atoms with E-state index in [1.54, 1.807) is 18.5 Å². The Morgan fingerprint density at radius 1 is 1.55 bits per heavy atom. The van der Waals surface area contributed by atoms with E-state index in [0.29, 0.717) is 9.99 Å². The first-order valence-electron chi connectivity index (χ1n) is 3.06. The predicted octanol–water partition coefficient (Wildman–Crippen LogP) is 2.24. The molecule has 0 aromatic carbocycles. The normalized spacial score (nSPS) is 10.7. The van der Waals surface area contributed by atoms with Gasteiger partial charge in [0.1, 0.15) is 11.3 Å². The number of aromatic nitrogens is 2. The minimum absolute atomic E-state index is 0.267. The van der Waals surface area contributed by atoms with E-state index in [1.807, 2.05) is 0 Å². The van der Waals surface area contributed by atoms with Crippen LogP contribution >= 0.6 is 15.9 Å². The fourth-order valence-electron chi connectivity index (χ4n) is 0.955. The summed E-state index contributed by atoms with van der Waals surface area (Å²) in [5, 5.41) is 3.89. The van der Waals surface area contributed by atoms with E-state index in [1.165, 1.54) is 10.6 Å². The third kappa shape index (κ3) is 1.03. The molecule has 11 heavy (non-hydrogen) atoms. The first-order valence-corrected chi connectivity index (χ1v) is 3.85. The zero-order valence-electron chi connectivity index (χ0n) is 5.46. The fraction of sp³-hybridized carbons (Fsp3) is 0. The van der Waals surface area contributed by atoms with Gasteiger partial charge in [-0.25, -0.2) is 8.91 Å². The van der Waals surface area contributed by atoms with Crippen molar-refractivity contribution in [2.75, 3.05) is 0 Å². The van der Waals surface area contributed by atoms with Crippen molar-refractivity contribution in [2.45, 2.75) is 0 Å². The van der Waals surface area contributed by atoms with Crippen molar-refractivity contribution < 1.29 is 4.39 Å². The SMILES string of the molecule is Fc1cc(Br)cn2nccc12. The van der Waals surface area contributed by atoms with Crippen LogP contribution in [0, 0.1) is 5.82 Å². The third-order valence-electron chi connectivity index (χ3n) is 1.43. The maximum Gasteiger partial charge on any atom is 0.150 e. The Balaban J connectivity index is 2.91. The topological polar surface area (TPSA) is 17.3 Å². The number of pyridine rings is 1. The molecule has 2 rings (SSSR count). The first kappa shape index (κ1) is 6.79. The van der Waals surface area contributed by atoms with Crippen molar-refractivity contribution in [3.05, 3.63) is 34.8 Å². The Kier molecular flexibility index (Phi) is 1.42. The Morgan fingerprint density at radius 2 is 2.36 bits per heavy atom. The molecule has 0 bridgehead atoms. The molecule has 0 unspecified atom stereocenters. The highest BCUT2D eigenvalue weighted by Crippen LogP contribution is 2.15. The smallest absolute Gasteiger partial charge is 0.150 e. The van der Waals surface area contributed by atoms with Gasteiger partial charge in [-0.3, -0.25) is 0 Å². The Bertz CT molecular complexity index is 396. The summed E-state index contributed by atoms with van der Waals surface area (Å²) in [7, 11) is 0. The molecule has 0 N–H and O–H groups in total. The summed E-state index contributed by atoms with van der Waals surface area (Å²) in [6.45, 7) is 0. The van der Waals surface area contributed by atoms with Crippen molar-refractivity contribution in [2.24, 2.45) is 0 Å². The van der Waals surface area contributed by atoms with Crippen LogP contribution in [0.15, 0.2) is 29.0 Å². The van der Waals surface area contributed by atoms with Crippen molar-refractivity contribution in [3.63, 3.8) is 0 Å². The Hall–Kier alpha value is -0.900. The monoisotopic (exact) mass is 214 g/mol. The molecule has 0 aliphatic rings. The molecule has 0 radical (unpaired) electrons. The van der Waals surface area contributed by atoms with Crippen LogP contribution in [0.2, 0.25) is 0 Å². The second-order valence-electron chi connectivity index (χ2n) is 2.17. The van der Waals surface area contributed by atoms with Crippen LogP contribution in [0.4, 0.5) is 4.39 Å². The van der Waals surface area contributed by atoms with Gasteiger partial charge in [0, 0.05) is 10.7 Å². The molecule has 56 valence electrons. The summed E-state index contributed by atoms with van der Waals surface area (Å²) >= 11 is 3.17. The van der Waals surface area contributed by atoms with Gasteiger partial charge in [0.25, 0.3) is 0 Å². The summed E-state index contributed by atoms with van der Waals surface area (Å²) in [6, 6.07) is 3.04. The summed E-state index contributed by atoms with van der Waals surface area (Å²) in [6.07, 6.45) is 3.27. The molecule has 0 saturated carbocycles. The van der Waals surface area contributed by atoms with Crippen LogP contribution in [-0.2, 0) is 0 Å². The van der Waals surface area contributed by atoms with E-state index >= 15 is 0 Å². The lowest BCUT2D eigenvalue weighted by atomic mass is 10.4. The molecule has 0 aliphatic carbocycles. The summed E-state index contributed by atoms with van der Waals surface area (Å²) in [5.41, 5.74) is 0.494. The molecular formula is C7H4BrFN2. The number of nitrogens with zero attached hydrogens (tertiary/aromatic N) is 2. The van der Waals surface area contributed by atoms with Gasteiger partial charge in [-0.05, 0) is 28.1 Å².